The minimum Gasteiger partial charge on any atom is -0.457 e. The molecule has 1 atom stereocenters. The molecule has 6 rings (SSSR count). The minimum atomic E-state index is -4.41. The first kappa shape index (κ1) is 25.3. The average molecular weight is 543 g/mol. The van der Waals surface area contributed by atoms with Crippen molar-refractivity contribution in [3.05, 3.63) is 102 Å². The molecular formula is C30H25F3N6O. The predicted molar refractivity (Wildman–Crippen MR) is 149 cm³/mol. The van der Waals surface area contributed by atoms with Crippen molar-refractivity contribution in [1.29, 1.82) is 0 Å². The number of rotatable bonds is 6. The van der Waals surface area contributed by atoms with Crippen molar-refractivity contribution in [2.24, 2.45) is 0 Å². The number of aromatic nitrogens is 3. The largest absolute Gasteiger partial charge is 0.457 e. The summed E-state index contributed by atoms with van der Waals surface area (Å²) in [4.78, 5) is 14.4. The molecule has 0 bridgehead atoms. The summed E-state index contributed by atoms with van der Waals surface area (Å²) in [5, 5.41) is 6.42. The monoisotopic (exact) mass is 542 g/mol. The van der Waals surface area contributed by atoms with Crippen molar-refractivity contribution in [1.82, 2.24) is 15.0 Å². The molecule has 1 unspecified atom stereocenters. The first-order valence-corrected chi connectivity index (χ1v) is 12.6. The van der Waals surface area contributed by atoms with Gasteiger partial charge in [-0.3, -0.25) is 4.98 Å². The molecule has 0 spiro atoms. The number of hydrogen-bond donors (Lipinski definition) is 3. The van der Waals surface area contributed by atoms with Gasteiger partial charge in [-0.1, -0.05) is 36.4 Å². The maximum Gasteiger partial charge on any atom is 0.416 e. The number of aromatic amines is 1. The number of halogens is 3. The van der Waals surface area contributed by atoms with Crippen LogP contribution in [0.3, 0.4) is 0 Å². The maximum atomic E-state index is 13.1. The zero-order chi connectivity index (χ0) is 27.9. The van der Waals surface area contributed by atoms with Crippen LogP contribution in [0.15, 0.2) is 91.1 Å². The Balaban J connectivity index is 1.18. The van der Waals surface area contributed by atoms with Gasteiger partial charge in [0.2, 0.25) is 0 Å². The van der Waals surface area contributed by atoms with E-state index in [2.05, 4.69) is 20.6 Å². The molecule has 1 aliphatic rings. The van der Waals surface area contributed by atoms with Crippen LogP contribution in [0, 0.1) is 6.92 Å². The number of hydrogen-bond acceptors (Lipinski definition) is 6. The molecule has 7 nitrogen and oxygen atoms in total. The molecule has 0 aliphatic carbocycles. The Morgan fingerprint density at radius 1 is 0.925 bits per heavy atom. The number of H-pyrrole nitrogens is 1. The first-order valence-electron chi connectivity index (χ1n) is 12.6. The molecule has 0 saturated carbocycles. The van der Waals surface area contributed by atoms with Crippen LogP contribution < -0.4 is 20.3 Å². The summed E-state index contributed by atoms with van der Waals surface area (Å²) in [7, 11) is 1.86. The highest BCUT2D eigenvalue weighted by Crippen LogP contribution is 2.38. The summed E-state index contributed by atoms with van der Waals surface area (Å²) in [5.41, 5.74) is 4.79. The summed E-state index contributed by atoms with van der Waals surface area (Å²) >= 11 is 0. The minimum absolute atomic E-state index is 0.358. The summed E-state index contributed by atoms with van der Waals surface area (Å²) in [6.45, 7) is 1.98. The first-order chi connectivity index (χ1) is 19.2. The number of nitrogens with one attached hydrogen (secondary N) is 3. The van der Waals surface area contributed by atoms with E-state index in [1.165, 1.54) is 6.07 Å². The smallest absolute Gasteiger partial charge is 0.416 e. The van der Waals surface area contributed by atoms with Crippen molar-refractivity contribution >= 4 is 17.1 Å². The van der Waals surface area contributed by atoms with Crippen LogP contribution in [0.5, 0.6) is 11.5 Å². The van der Waals surface area contributed by atoms with Gasteiger partial charge in [-0.15, -0.1) is 0 Å². The third kappa shape index (κ3) is 5.03. The van der Waals surface area contributed by atoms with Crippen LogP contribution in [-0.4, -0.2) is 28.3 Å². The van der Waals surface area contributed by atoms with Gasteiger partial charge in [-0.05, 0) is 43.3 Å². The fourth-order valence-electron chi connectivity index (χ4n) is 4.66. The number of nitrogens with zero attached hydrogens (tertiary/aromatic N) is 3. The van der Waals surface area contributed by atoms with E-state index in [-0.39, 0.29) is 0 Å². The Hall–Kier alpha value is -4.99. The predicted octanol–water partition coefficient (Wildman–Crippen LogP) is 7.52. The lowest BCUT2D eigenvalue weighted by Crippen LogP contribution is -2.39. The van der Waals surface area contributed by atoms with Gasteiger partial charge in [-0.2, -0.15) is 13.2 Å². The van der Waals surface area contributed by atoms with Gasteiger partial charge in [0.15, 0.2) is 12.1 Å². The van der Waals surface area contributed by atoms with Gasteiger partial charge in [-0.25, -0.2) is 4.98 Å². The molecule has 3 N–H and O–H groups in total. The second kappa shape index (κ2) is 9.96. The van der Waals surface area contributed by atoms with Crippen LogP contribution in [0.2, 0.25) is 0 Å². The lowest BCUT2D eigenvalue weighted by molar-refractivity contribution is -0.137. The van der Waals surface area contributed by atoms with E-state index in [0.717, 1.165) is 40.5 Å². The highest BCUT2D eigenvalue weighted by atomic mass is 19.4. The van der Waals surface area contributed by atoms with Gasteiger partial charge in [0, 0.05) is 42.3 Å². The maximum absolute atomic E-state index is 13.1. The van der Waals surface area contributed by atoms with Gasteiger partial charge in [0.05, 0.1) is 22.6 Å². The Morgan fingerprint density at radius 3 is 2.52 bits per heavy atom. The van der Waals surface area contributed by atoms with Crippen LogP contribution in [0.25, 0.3) is 22.8 Å². The van der Waals surface area contributed by atoms with Gasteiger partial charge >= 0.3 is 6.18 Å². The summed E-state index contributed by atoms with van der Waals surface area (Å²) < 4.78 is 45.5. The molecule has 0 radical (unpaired) electrons. The van der Waals surface area contributed by atoms with Gasteiger partial charge in [0.25, 0.3) is 0 Å². The number of imidazole rings is 1. The van der Waals surface area contributed by atoms with Crippen molar-refractivity contribution in [2.75, 3.05) is 22.6 Å². The number of ether oxygens (including phenoxy) is 1. The van der Waals surface area contributed by atoms with Crippen molar-refractivity contribution < 1.29 is 17.9 Å². The van der Waals surface area contributed by atoms with E-state index >= 15 is 0 Å². The van der Waals surface area contributed by atoms with Gasteiger partial charge in [0.1, 0.15) is 17.2 Å². The molecule has 0 fully saturated rings. The molecule has 10 heteroatoms. The van der Waals surface area contributed by atoms with Crippen LogP contribution in [0.4, 0.5) is 30.2 Å². The number of aryl methyl sites for hydroxylation is 1. The number of pyridine rings is 1. The Bertz CT molecular complexity index is 1670. The molecule has 202 valence electrons. The summed E-state index contributed by atoms with van der Waals surface area (Å²) in [6, 6.07) is 24.2. The van der Waals surface area contributed by atoms with Crippen LogP contribution >= 0.6 is 0 Å². The average Bonchev–Trinajstić information content (AvgIpc) is 3.48. The SMILES string of the molecule is Cc1[nH]c(-c2cc(Oc3ccc4c(c3)NC(Nc3cccc(C(F)(F)F)c3)N4C)ccn2)nc1-c1ccccc1. The van der Waals surface area contributed by atoms with E-state index in [4.69, 9.17) is 9.72 Å². The van der Waals surface area contributed by atoms with Crippen molar-refractivity contribution in [3.63, 3.8) is 0 Å². The van der Waals surface area contributed by atoms with E-state index in [1.54, 1.807) is 18.3 Å². The van der Waals surface area contributed by atoms with Crippen molar-refractivity contribution in [3.8, 4) is 34.3 Å². The fraction of sp³-hybridized carbons (Fsp3) is 0.133. The van der Waals surface area contributed by atoms with E-state index < -0.39 is 18.0 Å². The number of alkyl halides is 3. The van der Waals surface area contributed by atoms with Crippen LogP contribution in [-0.2, 0) is 6.18 Å². The standard InChI is InChI=1S/C30H25F3N6O/c1-18-27(19-7-4-3-5-8-19)38-28(35-18)25-17-23(13-14-34-25)40-22-11-12-26-24(16-22)37-29(39(26)2)36-21-10-6-9-20(15-21)30(31,32)33/h3-17,29,36-37H,1-2H3,(H,35,38). The summed E-state index contributed by atoms with van der Waals surface area (Å²) in [6.07, 6.45) is -3.18. The molecule has 2 aromatic heterocycles. The highest BCUT2D eigenvalue weighted by Gasteiger charge is 2.31. The Labute approximate surface area is 228 Å². The molecule has 1 aliphatic heterocycles. The molecule has 0 amide bonds. The fourth-order valence-corrected chi connectivity index (χ4v) is 4.66. The number of benzene rings is 3. The zero-order valence-corrected chi connectivity index (χ0v) is 21.6. The zero-order valence-electron chi connectivity index (χ0n) is 21.6. The Kier molecular flexibility index (Phi) is 6.30. The molecule has 40 heavy (non-hydrogen) atoms. The second-order valence-electron chi connectivity index (χ2n) is 9.46. The Morgan fingerprint density at radius 2 is 1.73 bits per heavy atom. The quantitative estimate of drug-likeness (QED) is 0.206. The molecule has 5 aromatic rings. The lowest BCUT2D eigenvalue weighted by Gasteiger charge is -2.24. The molecule has 3 heterocycles. The normalized spacial score (nSPS) is 14.5. The number of fused-ring (bicyclic) bond motifs is 1. The van der Waals surface area contributed by atoms with E-state index in [1.807, 2.05) is 73.5 Å². The summed E-state index contributed by atoms with van der Waals surface area (Å²) in [5.74, 6) is 1.82. The van der Waals surface area contributed by atoms with E-state index in [9.17, 15) is 13.2 Å². The van der Waals surface area contributed by atoms with E-state index in [0.29, 0.717) is 28.7 Å². The lowest BCUT2D eigenvalue weighted by atomic mass is 10.1. The number of anilines is 3. The topological polar surface area (TPSA) is 78.1 Å². The molecular weight excluding hydrogens is 517 g/mol. The molecule has 0 saturated heterocycles. The third-order valence-electron chi connectivity index (χ3n) is 6.66. The highest BCUT2D eigenvalue weighted by molar-refractivity contribution is 5.78. The van der Waals surface area contributed by atoms with Gasteiger partial charge < -0.3 is 25.3 Å². The third-order valence-corrected chi connectivity index (χ3v) is 6.66. The molecule has 3 aromatic carbocycles. The van der Waals surface area contributed by atoms with Crippen LogP contribution in [0.1, 0.15) is 11.3 Å². The van der Waals surface area contributed by atoms with Crippen molar-refractivity contribution in [2.45, 2.75) is 19.4 Å². The second-order valence-corrected chi connectivity index (χ2v) is 9.46.